The van der Waals surface area contributed by atoms with Gasteiger partial charge in [0.2, 0.25) is 0 Å². The van der Waals surface area contributed by atoms with Crippen LogP contribution < -0.4 is 5.32 Å². The van der Waals surface area contributed by atoms with Crippen LogP contribution in [0.5, 0.6) is 0 Å². The molecule has 0 spiro atoms. The van der Waals surface area contributed by atoms with E-state index < -0.39 is 0 Å². The van der Waals surface area contributed by atoms with Gasteiger partial charge in [-0.25, -0.2) is 4.98 Å². The first kappa shape index (κ1) is 19.1. The number of pyridine rings is 2. The molecule has 0 atom stereocenters. The Kier molecular flexibility index (Phi) is 4.48. The number of nitrogens with zero attached hydrogens (tertiary/aromatic N) is 3. The smallest absolute Gasteiger partial charge is 0.169 e. The van der Waals surface area contributed by atoms with E-state index in [0.29, 0.717) is 0 Å². The lowest BCUT2D eigenvalue weighted by molar-refractivity contribution is 0.102. The van der Waals surface area contributed by atoms with E-state index in [1.54, 1.807) is 13.1 Å². The Hall–Kier alpha value is -3.62. The van der Waals surface area contributed by atoms with E-state index in [9.17, 15) is 4.79 Å². The van der Waals surface area contributed by atoms with Gasteiger partial charge in [-0.1, -0.05) is 6.08 Å². The van der Waals surface area contributed by atoms with E-state index in [4.69, 9.17) is 4.98 Å². The number of carbonyl (C=O) groups excluding carboxylic acids is 1. The largest absolute Gasteiger partial charge is 0.353 e. The highest BCUT2D eigenvalue weighted by Crippen LogP contribution is 2.35. The van der Waals surface area contributed by atoms with Crippen molar-refractivity contribution in [3.8, 4) is 22.0 Å². The van der Waals surface area contributed by atoms with E-state index in [1.165, 1.54) is 16.9 Å². The van der Waals surface area contributed by atoms with Crippen molar-refractivity contribution >= 4 is 44.6 Å². The summed E-state index contributed by atoms with van der Waals surface area (Å²) in [5.41, 5.74) is 7.50. The second-order valence-electron chi connectivity index (χ2n) is 7.87. The monoisotopic (exact) mass is 440 g/mol. The third-order valence-corrected chi connectivity index (χ3v) is 6.98. The summed E-state index contributed by atoms with van der Waals surface area (Å²) in [6.45, 7) is 3.43. The van der Waals surface area contributed by atoms with Crippen molar-refractivity contribution in [1.29, 1.82) is 0 Å². The summed E-state index contributed by atoms with van der Waals surface area (Å²) in [5.74, 6) is 0.0666. The molecule has 1 aliphatic heterocycles. The van der Waals surface area contributed by atoms with Gasteiger partial charge >= 0.3 is 0 Å². The van der Waals surface area contributed by atoms with E-state index in [2.05, 4.69) is 43.7 Å². The van der Waals surface area contributed by atoms with Gasteiger partial charge in [-0.3, -0.25) is 14.9 Å². The summed E-state index contributed by atoms with van der Waals surface area (Å²) in [4.78, 5) is 26.5. The summed E-state index contributed by atoms with van der Waals surface area (Å²) in [5, 5.41) is 12.0. The molecule has 32 heavy (non-hydrogen) atoms. The zero-order chi connectivity index (χ0) is 21.7. The van der Waals surface area contributed by atoms with E-state index in [1.807, 2.05) is 24.3 Å². The molecule has 0 unspecified atom stereocenters. The Morgan fingerprint density at radius 2 is 2.03 bits per heavy atom. The Bertz CT molecular complexity index is 1520. The van der Waals surface area contributed by atoms with Gasteiger partial charge in [-0.2, -0.15) is 5.10 Å². The number of fused-ring (bicyclic) bond motifs is 2. The molecule has 5 aromatic heterocycles. The third-order valence-electron chi connectivity index (χ3n) is 5.79. The molecule has 6 heterocycles. The summed E-state index contributed by atoms with van der Waals surface area (Å²) >= 11 is 1.46. The van der Waals surface area contributed by atoms with Gasteiger partial charge < -0.3 is 10.3 Å². The molecule has 158 valence electrons. The van der Waals surface area contributed by atoms with Crippen molar-refractivity contribution in [3.05, 3.63) is 59.2 Å². The maximum Gasteiger partial charge on any atom is 0.169 e. The molecular weight excluding hydrogens is 420 g/mol. The van der Waals surface area contributed by atoms with Gasteiger partial charge in [0, 0.05) is 23.6 Å². The van der Waals surface area contributed by atoms with E-state index in [0.717, 1.165) is 74.0 Å². The number of ketones is 1. The topological polar surface area (TPSA) is 99.4 Å². The number of H-pyrrole nitrogens is 2. The molecule has 0 saturated heterocycles. The number of rotatable bonds is 4. The summed E-state index contributed by atoms with van der Waals surface area (Å²) < 4.78 is 0. The minimum atomic E-state index is 0.0666. The highest BCUT2D eigenvalue weighted by Gasteiger charge is 2.17. The molecule has 6 rings (SSSR count). The van der Waals surface area contributed by atoms with Crippen LogP contribution in [0.1, 0.15) is 28.7 Å². The van der Waals surface area contributed by atoms with Crippen molar-refractivity contribution in [3.63, 3.8) is 0 Å². The first-order valence-electron chi connectivity index (χ1n) is 10.5. The molecule has 0 fully saturated rings. The number of aromatic nitrogens is 5. The molecule has 5 aromatic rings. The fraction of sp³-hybridized carbons (Fsp3) is 0.167. The average molecular weight is 441 g/mol. The molecule has 0 radical (unpaired) electrons. The van der Waals surface area contributed by atoms with Gasteiger partial charge in [-0.15, -0.1) is 11.3 Å². The highest BCUT2D eigenvalue weighted by molar-refractivity contribution is 7.17. The van der Waals surface area contributed by atoms with Gasteiger partial charge in [0.1, 0.15) is 11.2 Å². The first-order chi connectivity index (χ1) is 15.7. The quantitative estimate of drug-likeness (QED) is 0.348. The number of aromatic amines is 2. The minimum Gasteiger partial charge on any atom is -0.353 e. The minimum absolute atomic E-state index is 0.0666. The Labute approximate surface area is 187 Å². The van der Waals surface area contributed by atoms with Crippen LogP contribution in [0.2, 0.25) is 0 Å². The molecule has 7 nitrogen and oxygen atoms in total. The molecule has 0 aliphatic carbocycles. The number of nitrogens with one attached hydrogen (secondary N) is 3. The lowest BCUT2D eigenvalue weighted by atomic mass is 10.0. The van der Waals surface area contributed by atoms with Gasteiger partial charge in [-0.05, 0) is 61.9 Å². The summed E-state index contributed by atoms with van der Waals surface area (Å²) in [7, 11) is 0. The normalized spacial score (nSPS) is 14.2. The van der Waals surface area contributed by atoms with Gasteiger partial charge in [0.25, 0.3) is 0 Å². The second kappa shape index (κ2) is 7.51. The second-order valence-corrected chi connectivity index (χ2v) is 8.96. The fourth-order valence-corrected chi connectivity index (χ4v) is 5.07. The maximum atomic E-state index is 11.7. The SMILES string of the molecule is CC(=O)c1ccc(-c2nccc3[nH]c(-c4n[nH]c5ccc(C6=CCNCC6)nc45)cc23)s1. The molecular formula is C24H20N6OS. The Balaban J connectivity index is 1.47. The van der Waals surface area contributed by atoms with Crippen molar-refractivity contribution in [2.45, 2.75) is 13.3 Å². The highest BCUT2D eigenvalue weighted by atomic mass is 32.1. The predicted molar refractivity (Wildman–Crippen MR) is 128 cm³/mol. The zero-order valence-corrected chi connectivity index (χ0v) is 18.2. The Morgan fingerprint density at radius 3 is 2.84 bits per heavy atom. The molecule has 0 saturated carbocycles. The van der Waals surface area contributed by atoms with Gasteiger partial charge in [0.05, 0.1) is 32.4 Å². The van der Waals surface area contributed by atoms with Crippen molar-refractivity contribution in [1.82, 2.24) is 30.5 Å². The Morgan fingerprint density at radius 1 is 1.09 bits per heavy atom. The molecule has 8 heteroatoms. The molecule has 3 N–H and O–H groups in total. The van der Waals surface area contributed by atoms with Crippen LogP contribution in [0.4, 0.5) is 0 Å². The van der Waals surface area contributed by atoms with Crippen molar-refractivity contribution < 1.29 is 4.79 Å². The molecule has 1 aliphatic rings. The number of Topliss-reactive ketones (excluding diaryl/α,β-unsaturated/α-hetero) is 1. The molecule has 0 amide bonds. The third kappa shape index (κ3) is 3.16. The van der Waals surface area contributed by atoms with Crippen LogP contribution in [0.3, 0.4) is 0 Å². The fourth-order valence-electron chi connectivity index (χ4n) is 4.15. The number of hydrogen-bond acceptors (Lipinski definition) is 6. The number of thiophene rings is 1. The molecule has 0 bridgehead atoms. The summed E-state index contributed by atoms with van der Waals surface area (Å²) in [6, 6.07) is 11.9. The maximum absolute atomic E-state index is 11.7. The van der Waals surface area contributed by atoms with Gasteiger partial charge in [0.15, 0.2) is 5.78 Å². The summed E-state index contributed by atoms with van der Waals surface area (Å²) in [6.07, 6.45) is 4.96. The van der Waals surface area contributed by atoms with Crippen LogP contribution in [0.15, 0.2) is 48.7 Å². The van der Waals surface area contributed by atoms with Crippen molar-refractivity contribution in [2.24, 2.45) is 0 Å². The first-order valence-corrected chi connectivity index (χ1v) is 11.3. The number of hydrogen-bond donors (Lipinski definition) is 3. The van der Waals surface area contributed by atoms with Crippen LogP contribution in [-0.4, -0.2) is 44.0 Å². The van der Waals surface area contributed by atoms with E-state index in [-0.39, 0.29) is 5.78 Å². The zero-order valence-electron chi connectivity index (χ0n) is 17.4. The lowest BCUT2D eigenvalue weighted by Crippen LogP contribution is -2.20. The van der Waals surface area contributed by atoms with Crippen LogP contribution >= 0.6 is 11.3 Å². The average Bonchev–Trinajstić information content (AvgIpc) is 3.56. The van der Waals surface area contributed by atoms with Crippen molar-refractivity contribution in [2.75, 3.05) is 13.1 Å². The van der Waals surface area contributed by atoms with E-state index >= 15 is 0 Å². The number of carbonyl (C=O) groups is 1. The predicted octanol–water partition coefficient (Wildman–Crippen LogP) is 4.81. The van der Waals surface area contributed by atoms with Crippen LogP contribution in [-0.2, 0) is 0 Å². The van der Waals surface area contributed by atoms with Crippen LogP contribution in [0, 0.1) is 0 Å². The standard InChI is InChI=1S/C24H20N6OS/c1-13(31)20-4-5-21(32-20)22-15-12-19(27-17(15)8-11-26-22)24-23-18(29-30-24)3-2-16(28-23)14-6-9-25-10-7-14/h2-6,8,11-12,25,27H,7,9-10H2,1H3,(H,29,30). The van der Waals surface area contributed by atoms with Crippen LogP contribution in [0.25, 0.3) is 49.5 Å². The molecule has 0 aromatic carbocycles. The lowest BCUT2D eigenvalue weighted by Gasteiger charge is -2.13.